The smallest absolute Gasteiger partial charge is 0.250 e. The third-order valence-corrected chi connectivity index (χ3v) is 5.26. The van der Waals surface area contributed by atoms with Crippen molar-refractivity contribution in [3.8, 4) is 11.8 Å². The first kappa shape index (κ1) is 14.8. The molecule has 0 amide bonds. The Morgan fingerprint density at radius 2 is 2.10 bits per heavy atom. The number of hydrogen-bond donors (Lipinski definition) is 2. The van der Waals surface area contributed by atoms with Crippen molar-refractivity contribution >= 4 is 21.4 Å². The van der Waals surface area contributed by atoms with E-state index in [9.17, 15) is 8.42 Å². The number of sulfonamides is 1. The Bertz CT molecular complexity index is 725. The molecule has 0 saturated heterocycles. The summed E-state index contributed by atoms with van der Waals surface area (Å²) in [6, 6.07) is 10.5. The molecule has 0 atom stereocenters. The molecule has 2 aromatic rings. The SMILES string of the molecule is O=S(=O)(NCc1cccc(C#CCO)c1)c1cccs1. The van der Waals surface area contributed by atoms with E-state index in [0.29, 0.717) is 4.21 Å². The summed E-state index contributed by atoms with van der Waals surface area (Å²) in [6.45, 7) is 0.00408. The summed E-state index contributed by atoms with van der Waals surface area (Å²) < 4.78 is 26.8. The summed E-state index contributed by atoms with van der Waals surface area (Å²) in [5, 5.41) is 10.4. The second-order valence-electron chi connectivity index (χ2n) is 3.92. The minimum atomic E-state index is -3.45. The summed E-state index contributed by atoms with van der Waals surface area (Å²) in [6.07, 6.45) is 0. The predicted molar refractivity (Wildman–Crippen MR) is 78.8 cm³/mol. The maximum atomic E-state index is 12.0. The van der Waals surface area contributed by atoms with Crippen molar-refractivity contribution in [2.75, 3.05) is 6.61 Å². The molecule has 0 bridgehead atoms. The first-order chi connectivity index (χ1) is 9.62. The van der Waals surface area contributed by atoms with Gasteiger partial charge in [-0.3, -0.25) is 0 Å². The molecule has 0 radical (unpaired) electrons. The van der Waals surface area contributed by atoms with Gasteiger partial charge in [-0.1, -0.05) is 30.0 Å². The maximum Gasteiger partial charge on any atom is 0.250 e. The highest BCUT2D eigenvalue weighted by Crippen LogP contribution is 2.16. The Morgan fingerprint density at radius 1 is 1.25 bits per heavy atom. The zero-order chi connectivity index (χ0) is 14.4. The quantitative estimate of drug-likeness (QED) is 0.843. The van der Waals surface area contributed by atoms with E-state index in [1.807, 2.05) is 6.07 Å². The van der Waals surface area contributed by atoms with Gasteiger partial charge < -0.3 is 5.11 Å². The first-order valence-corrected chi connectivity index (χ1v) is 8.20. The fourth-order valence-electron chi connectivity index (χ4n) is 1.57. The lowest BCUT2D eigenvalue weighted by Gasteiger charge is -2.05. The van der Waals surface area contributed by atoms with Gasteiger partial charge in [-0.05, 0) is 29.1 Å². The number of aliphatic hydroxyl groups excluding tert-OH is 1. The van der Waals surface area contributed by atoms with Gasteiger partial charge >= 0.3 is 0 Å². The molecule has 4 nitrogen and oxygen atoms in total. The highest BCUT2D eigenvalue weighted by molar-refractivity contribution is 7.91. The van der Waals surface area contributed by atoms with E-state index in [1.54, 1.807) is 35.7 Å². The van der Waals surface area contributed by atoms with Crippen LogP contribution in [0.5, 0.6) is 0 Å². The molecule has 0 spiro atoms. The highest BCUT2D eigenvalue weighted by atomic mass is 32.2. The van der Waals surface area contributed by atoms with Gasteiger partial charge in [0.05, 0.1) is 0 Å². The van der Waals surface area contributed by atoms with Gasteiger partial charge in [0.25, 0.3) is 0 Å². The average Bonchev–Trinajstić information content (AvgIpc) is 2.98. The number of hydrogen-bond acceptors (Lipinski definition) is 4. The fraction of sp³-hybridized carbons (Fsp3) is 0.143. The highest BCUT2D eigenvalue weighted by Gasteiger charge is 2.14. The van der Waals surface area contributed by atoms with E-state index in [0.717, 1.165) is 11.1 Å². The summed E-state index contributed by atoms with van der Waals surface area (Å²) >= 11 is 1.18. The van der Waals surface area contributed by atoms with Gasteiger partial charge in [-0.2, -0.15) is 0 Å². The molecule has 0 saturated carbocycles. The molecule has 0 aliphatic heterocycles. The Kier molecular flexibility index (Phi) is 4.93. The largest absolute Gasteiger partial charge is 0.384 e. The van der Waals surface area contributed by atoms with Gasteiger partial charge in [-0.15, -0.1) is 11.3 Å². The summed E-state index contributed by atoms with van der Waals surface area (Å²) in [4.78, 5) is 0. The van der Waals surface area contributed by atoms with Crippen LogP contribution in [0.1, 0.15) is 11.1 Å². The number of nitrogens with one attached hydrogen (secondary N) is 1. The Hall–Kier alpha value is -1.65. The number of aliphatic hydroxyl groups is 1. The number of rotatable bonds is 4. The Balaban J connectivity index is 2.08. The number of benzene rings is 1. The molecule has 1 aromatic heterocycles. The van der Waals surface area contributed by atoms with Crippen molar-refractivity contribution < 1.29 is 13.5 Å². The van der Waals surface area contributed by atoms with Crippen LogP contribution in [0, 0.1) is 11.8 Å². The van der Waals surface area contributed by atoms with Crippen molar-refractivity contribution in [1.29, 1.82) is 0 Å². The molecule has 2 rings (SSSR count). The van der Waals surface area contributed by atoms with E-state index < -0.39 is 10.0 Å². The van der Waals surface area contributed by atoms with Crippen LogP contribution in [-0.4, -0.2) is 20.1 Å². The Morgan fingerprint density at radius 3 is 2.80 bits per heavy atom. The van der Waals surface area contributed by atoms with Crippen LogP contribution in [0.4, 0.5) is 0 Å². The van der Waals surface area contributed by atoms with Crippen molar-refractivity contribution in [2.45, 2.75) is 10.8 Å². The van der Waals surface area contributed by atoms with E-state index in [4.69, 9.17) is 5.11 Å². The normalized spacial score (nSPS) is 10.8. The molecule has 6 heteroatoms. The van der Waals surface area contributed by atoms with Crippen molar-refractivity contribution in [1.82, 2.24) is 4.72 Å². The molecular weight excluding hydrogens is 294 g/mol. The van der Waals surface area contributed by atoms with Gasteiger partial charge in [0.2, 0.25) is 10.0 Å². The van der Waals surface area contributed by atoms with E-state index in [-0.39, 0.29) is 13.2 Å². The van der Waals surface area contributed by atoms with Gasteiger partial charge in [0.1, 0.15) is 10.8 Å². The molecule has 0 unspecified atom stereocenters. The average molecular weight is 307 g/mol. The summed E-state index contributed by atoms with van der Waals surface area (Å²) in [5.41, 5.74) is 1.56. The van der Waals surface area contributed by atoms with Crippen LogP contribution in [0.2, 0.25) is 0 Å². The number of thiophene rings is 1. The topological polar surface area (TPSA) is 66.4 Å². The lowest BCUT2D eigenvalue weighted by Crippen LogP contribution is -2.22. The van der Waals surface area contributed by atoms with Crippen LogP contribution in [0.25, 0.3) is 0 Å². The standard InChI is InChI=1S/C14H13NO3S2/c16-8-2-6-12-4-1-5-13(10-12)11-15-20(17,18)14-7-3-9-19-14/h1,3-5,7,9-10,15-16H,8,11H2. The second-order valence-corrected chi connectivity index (χ2v) is 6.86. The van der Waals surface area contributed by atoms with Crippen LogP contribution >= 0.6 is 11.3 Å². The third kappa shape index (κ3) is 3.92. The Labute approximate surface area is 122 Å². The monoisotopic (exact) mass is 307 g/mol. The van der Waals surface area contributed by atoms with Crippen LogP contribution < -0.4 is 4.72 Å². The van der Waals surface area contributed by atoms with Crippen LogP contribution in [0.15, 0.2) is 46.0 Å². The molecule has 0 aliphatic rings. The second kappa shape index (κ2) is 6.68. The molecular formula is C14H13NO3S2. The maximum absolute atomic E-state index is 12.0. The van der Waals surface area contributed by atoms with Gasteiger partial charge in [-0.25, -0.2) is 13.1 Å². The molecule has 1 heterocycles. The van der Waals surface area contributed by atoms with E-state index in [2.05, 4.69) is 16.6 Å². The molecule has 0 aliphatic carbocycles. The van der Waals surface area contributed by atoms with Crippen LogP contribution in [-0.2, 0) is 16.6 Å². The zero-order valence-electron chi connectivity index (χ0n) is 10.5. The van der Waals surface area contributed by atoms with Crippen molar-refractivity contribution in [3.05, 3.63) is 52.9 Å². The molecule has 2 N–H and O–H groups in total. The predicted octanol–water partition coefficient (Wildman–Crippen LogP) is 1.57. The molecule has 104 valence electrons. The van der Waals surface area contributed by atoms with E-state index in [1.165, 1.54) is 11.3 Å². The lowest BCUT2D eigenvalue weighted by molar-refractivity contribution is 0.350. The van der Waals surface area contributed by atoms with Gasteiger partial charge in [0, 0.05) is 12.1 Å². The third-order valence-electron chi connectivity index (χ3n) is 2.47. The fourth-order valence-corrected chi connectivity index (χ4v) is 3.62. The van der Waals surface area contributed by atoms with Crippen LogP contribution in [0.3, 0.4) is 0 Å². The minimum Gasteiger partial charge on any atom is -0.384 e. The van der Waals surface area contributed by atoms with Gasteiger partial charge in [0.15, 0.2) is 0 Å². The lowest BCUT2D eigenvalue weighted by atomic mass is 10.1. The molecule has 0 fully saturated rings. The molecule has 20 heavy (non-hydrogen) atoms. The van der Waals surface area contributed by atoms with Crippen molar-refractivity contribution in [2.24, 2.45) is 0 Å². The van der Waals surface area contributed by atoms with Crippen molar-refractivity contribution in [3.63, 3.8) is 0 Å². The first-order valence-electron chi connectivity index (χ1n) is 5.84. The zero-order valence-corrected chi connectivity index (χ0v) is 12.2. The summed E-state index contributed by atoms with van der Waals surface area (Å²) in [5.74, 6) is 5.34. The summed E-state index contributed by atoms with van der Waals surface area (Å²) in [7, 11) is -3.45. The molecule has 1 aromatic carbocycles. The van der Waals surface area contributed by atoms with E-state index >= 15 is 0 Å². The minimum absolute atomic E-state index is 0.199.